The van der Waals surface area contributed by atoms with E-state index in [0.717, 1.165) is 68.4 Å². The van der Waals surface area contributed by atoms with Crippen LogP contribution in [0.25, 0.3) is 10.9 Å². The number of rotatable bonds is 5. The van der Waals surface area contributed by atoms with E-state index in [1.54, 1.807) is 7.11 Å². The van der Waals surface area contributed by atoms with Gasteiger partial charge in [-0.2, -0.15) is 5.10 Å². The first kappa shape index (κ1) is 22.8. The molecule has 1 unspecified atom stereocenters. The fourth-order valence-corrected chi connectivity index (χ4v) is 6.41. The second-order valence-electron chi connectivity index (χ2n) is 10.5. The molecule has 5 nitrogen and oxygen atoms in total. The lowest BCUT2D eigenvalue weighted by Gasteiger charge is -2.36. The van der Waals surface area contributed by atoms with Crippen molar-refractivity contribution in [1.29, 1.82) is 0 Å². The Morgan fingerprint density at radius 3 is 2.56 bits per heavy atom. The molecule has 36 heavy (non-hydrogen) atoms. The number of benzene rings is 3. The molecule has 5 heteroatoms. The van der Waals surface area contributed by atoms with Crippen LogP contribution in [0.1, 0.15) is 41.5 Å². The molecule has 0 radical (unpaired) electrons. The molecular weight excluding hydrogens is 446 g/mol. The van der Waals surface area contributed by atoms with Crippen molar-refractivity contribution < 1.29 is 9.53 Å². The lowest BCUT2D eigenvalue weighted by atomic mass is 9.76. The number of aromatic amines is 1. The van der Waals surface area contributed by atoms with Crippen molar-refractivity contribution in [3.8, 4) is 5.75 Å². The van der Waals surface area contributed by atoms with E-state index in [-0.39, 0.29) is 5.91 Å². The summed E-state index contributed by atoms with van der Waals surface area (Å²) in [6.45, 7) is 1.64. The Kier molecular flexibility index (Phi) is 6.00. The fourth-order valence-electron chi connectivity index (χ4n) is 6.41. The zero-order chi connectivity index (χ0) is 24.5. The minimum Gasteiger partial charge on any atom is -0.497 e. The molecule has 1 saturated heterocycles. The van der Waals surface area contributed by atoms with E-state index < -0.39 is 5.41 Å². The standard InChI is InChI=1S/C31H33N3O2/c1-36-27-14-12-26(13-15-27)31(18-24-8-2-3-9-25(24)19-31)30(35)34-16-5-4-7-22(21-34)17-23-10-6-11-29-28(23)20-32-33-29/h2-3,6,8-15,20,22H,4-5,7,16-19,21H2,1H3,(H,32,33). The topological polar surface area (TPSA) is 58.2 Å². The molecule has 2 aliphatic rings. The van der Waals surface area contributed by atoms with E-state index in [4.69, 9.17) is 4.74 Å². The first-order valence-corrected chi connectivity index (χ1v) is 13.1. The number of amides is 1. The maximum atomic E-state index is 14.5. The molecule has 2 heterocycles. The van der Waals surface area contributed by atoms with E-state index in [1.165, 1.54) is 22.1 Å². The Bertz CT molecular complexity index is 1350. The molecule has 1 aromatic heterocycles. The van der Waals surface area contributed by atoms with Crippen molar-refractivity contribution in [1.82, 2.24) is 15.1 Å². The van der Waals surface area contributed by atoms with Crippen molar-refractivity contribution in [2.24, 2.45) is 5.92 Å². The van der Waals surface area contributed by atoms with Crippen LogP contribution in [-0.4, -0.2) is 41.2 Å². The third kappa shape index (κ3) is 4.06. The van der Waals surface area contributed by atoms with E-state index in [2.05, 4.69) is 69.7 Å². The summed E-state index contributed by atoms with van der Waals surface area (Å²) in [5.41, 5.74) is 5.51. The second kappa shape index (κ2) is 9.45. The molecule has 1 atom stereocenters. The monoisotopic (exact) mass is 479 g/mol. The highest BCUT2D eigenvalue weighted by molar-refractivity contribution is 5.90. The summed E-state index contributed by atoms with van der Waals surface area (Å²) in [5.74, 6) is 1.53. The summed E-state index contributed by atoms with van der Waals surface area (Å²) >= 11 is 0. The van der Waals surface area contributed by atoms with Crippen molar-refractivity contribution in [3.63, 3.8) is 0 Å². The molecule has 1 fully saturated rings. The molecule has 0 bridgehead atoms. The van der Waals surface area contributed by atoms with Crippen molar-refractivity contribution in [3.05, 3.63) is 95.2 Å². The van der Waals surface area contributed by atoms with Gasteiger partial charge in [0.15, 0.2) is 0 Å². The quantitative estimate of drug-likeness (QED) is 0.412. The molecule has 1 aliphatic heterocycles. The van der Waals surface area contributed by atoms with Gasteiger partial charge in [0.1, 0.15) is 5.75 Å². The van der Waals surface area contributed by atoms with Crippen LogP contribution in [-0.2, 0) is 29.5 Å². The third-order valence-corrected chi connectivity index (χ3v) is 8.29. The lowest BCUT2D eigenvalue weighted by Crippen LogP contribution is -2.49. The summed E-state index contributed by atoms with van der Waals surface area (Å²) in [6.07, 6.45) is 7.77. The van der Waals surface area contributed by atoms with Gasteiger partial charge in [0.05, 0.1) is 24.2 Å². The van der Waals surface area contributed by atoms with Crippen LogP contribution < -0.4 is 4.74 Å². The van der Waals surface area contributed by atoms with E-state index in [9.17, 15) is 4.79 Å². The Morgan fingerprint density at radius 2 is 1.81 bits per heavy atom. The molecule has 0 saturated carbocycles. The molecule has 1 N–H and O–H groups in total. The number of nitrogens with zero attached hydrogens (tertiary/aromatic N) is 2. The van der Waals surface area contributed by atoms with E-state index >= 15 is 0 Å². The fraction of sp³-hybridized carbons (Fsp3) is 0.355. The van der Waals surface area contributed by atoms with Gasteiger partial charge in [0.25, 0.3) is 0 Å². The molecule has 0 spiro atoms. The highest BCUT2D eigenvalue weighted by atomic mass is 16.5. The normalized spacial score (nSPS) is 19.1. The second-order valence-corrected chi connectivity index (χ2v) is 10.5. The van der Waals surface area contributed by atoms with Crippen molar-refractivity contribution >= 4 is 16.8 Å². The van der Waals surface area contributed by atoms with Crippen LogP contribution in [0.15, 0.2) is 72.9 Å². The largest absolute Gasteiger partial charge is 0.497 e. The molecule has 1 aliphatic carbocycles. The summed E-state index contributed by atoms with van der Waals surface area (Å²) in [6, 6.07) is 23.1. The number of ether oxygens (including phenoxy) is 1. The van der Waals surface area contributed by atoms with Gasteiger partial charge in [-0.15, -0.1) is 0 Å². The van der Waals surface area contributed by atoms with Crippen LogP contribution in [0, 0.1) is 5.92 Å². The van der Waals surface area contributed by atoms with Crippen LogP contribution in [0.4, 0.5) is 0 Å². The Labute approximate surface area is 212 Å². The number of hydrogen-bond donors (Lipinski definition) is 1. The maximum Gasteiger partial charge on any atom is 0.233 e. The molecular formula is C31H33N3O2. The average Bonchev–Trinajstić information content (AvgIpc) is 3.49. The molecule has 1 amide bonds. The summed E-state index contributed by atoms with van der Waals surface area (Å²) in [4.78, 5) is 16.7. The highest BCUT2D eigenvalue weighted by Crippen LogP contribution is 2.42. The first-order chi connectivity index (χ1) is 17.7. The van der Waals surface area contributed by atoms with Crippen LogP contribution in [0.2, 0.25) is 0 Å². The lowest BCUT2D eigenvalue weighted by molar-refractivity contribution is -0.137. The van der Waals surface area contributed by atoms with E-state index in [0.29, 0.717) is 5.92 Å². The number of methoxy groups -OCH3 is 1. The van der Waals surface area contributed by atoms with Gasteiger partial charge in [-0.3, -0.25) is 9.89 Å². The van der Waals surface area contributed by atoms with Crippen molar-refractivity contribution in [2.45, 2.75) is 43.9 Å². The van der Waals surface area contributed by atoms with Crippen LogP contribution >= 0.6 is 0 Å². The number of fused-ring (bicyclic) bond motifs is 2. The van der Waals surface area contributed by atoms with Gasteiger partial charge in [0, 0.05) is 18.5 Å². The van der Waals surface area contributed by atoms with Gasteiger partial charge < -0.3 is 9.64 Å². The van der Waals surface area contributed by atoms with Gasteiger partial charge in [-0.05, 0) is 78.5 Å². The SMILES string of the molecule is COc1ccc(C2(C(=O)N3CCCCC(Cc4cccc5[nH]ncc45)C3)Cc3ccccc3C2)cc1. The Balaban J connectivity index is 1.31. The molecule has 184 valence electrons. The maximum absolute atomic E-state index is 14.5. The number of carbonyl (C=O) groups is 1. The van der Waals surface area contributed by atoms with Crippen LogP contribution in [0.3, 0.4) is 0 Å². The minimum atomic E-state index is -0.560. The van der Waals surface area contributed by atoms with Crippen molar-refractivity contribution in [2.75, 3.05) is 20.2 Å². The predicted molar refractivity (Wildman–Crippen MR) is 142 cm³/mol. The number of likely N-dealkylation sites (tertiary alicyclic amines) is 1. The predicted octanol–water partition coefficient (Wildman–Crippen LogP) is 5.48. The molecule has 3 aromatic carbocycles. The molecule has 4 aromatic rings. The average molecular weight is 480 g/mol. The van der Waals surface area contributed by atoms with Gasteiger partial charge in [0.2, 0.25) is 5.91 Å². The third-order valence-electron chi connectivity index (χ3n) is 8.29. The number of H-pyrrole nitrogens is 1. The minimum absolute atomic E-state index is 0.275. The number of hydrogen-bond acceptors (Lipinski definition) is 3. The first-order valence-electron chi connectivity index (χ1n) is 13.1. The number of carbonyl (C=O) groups excluding carboxylic acids is 1. The van der Waals surface area contributed by atoms with E-state index in [1.807, 2.05) is 18.3 Å². The summed E-state index contributed by atoms with van der Waals surface area (Å²) in [5, 5.41) is 8.53. The molecule has 6 rings (SSSR count). The Morgan fingerprint density at radius 1 is 1.03 bits per heavy atom. The number of nitrogens with one attached hydrogen (secondary N) is 1. The number of aromatic nitrogens is 2. The highest BCUT2D eigenvalue weighted by Gasteiger charge is 2.47. The summed E-state index contributed by atoms with van der Waals surface area (Å²) in [7, 11) is 1.68. The van der Waals surface area contributed by atoms with Gasteiger partial charge >= 0.3 is 0 Å². The van der Waals surface area contributed by atoms with Gasteiger partial charge in [-0.1, -0.05) is 55.0 Å². The van der Waals surface area contributed by atoms with Crippen LogP contribution in [0.5, 0.6) is 5.75 Å². The summed E-state index contributed by atoms with van der Waals surface area (Å²) < 4.78 is 5.41. The smallest absolute Gasteiger partial charge is 0.233 e. The zero-order valence-electron chi connectivity index (χ0n) is 20.9. The zero-order valence-corrected chi connectivity index (χ0v) is 20.9. The van der Waals surface area contributed by atoms with Gasteiger partial charge in [-0.25, -0.2) is 0 Å². The Hall–Kier alpha value is -3.60.